The minimum absolute atomic E-state index is 0.0659. The largest absolute Gasteiger partial charge is 0.508 e. The van der Waals surface area contributed by atoms with E-state index in [0.29, 0.717) is 12.2 Å². The van der Waals surface area contributed by atoms with Gasteiger partial charge in [-0.05, 0) is 64.1 Å². The van der Waals surface area contributed by atoms with Crippen LogP contribution in [-0.4, -0.2) is 31.0 Å². The Balaban J connectivity index is 0.000000174. The van der Waals surface area contributed by atoms with Crippen LogP contribution < -0.4 is 0 Å². The summed E-state index contributed by atoms with van der Waals surface area (Å²) in [7, 11) is -8.08. The lowest BCUT2D eigenvalue weighted by Gasteiger charge is -2.03. The van der Waals surface area contributed by atoms with Gasteiger partial charge in [0, 0.05) is 6.42 Å². The van der Waals surface area contributed by atoms with Gasteiger partial charge in [-0.15, -0.1) is 0 Å². The van der Waals surface area contributed by atoms with Crippen LogP contribution in [0.1, 0.15) is 67.7 Å². The molecular weight excluding hydrogens is 572 g/mol. The van der Waals surface area contributed by atoms with Crippen molar-refractivity contribution in [1.29, 1.82) is 0 Å². The fourth-order valence-electron chi connectivity index (χ4n) is 4.53. The molecule has 4 aromatic carbocycles. The van der Waals surface area contributed by atoms with Crippen molar-refractivity contribution in [2.24, 2.45) is 0 Å². The molecule has 0 radical (unpaired) electrons. The van der Waals surface area contributed by atoms with Crippen LogP contribution >= 0.6 is 0 Å². The molecule has 42 heavy (non-hydrogen) atoms. The fourth-order valence-corrected chi connectivity index (χ4v) is 5.64. The molecule has 3 N–H and O–H groups in total. The molecule has 0 bridgehead atoms. The molecule has 0 heterocycles. The highest BCUT2D eigenvalue weighted by Crippen LogP contribution is 2.40. The van der Waals surface area contributed by atoms with Gasteiger partial charge in [0.1, 0.15) is 5.75 Å². The van der Waals surface area contributed by atoms with Gasteiger partial charge < -0.3 is 5.11 Å². The van der Waals surface area contributed by atoms with Gasteiger partial charge >= 0.3 is 0 Å². The predicted octanol–water partition coefficient (Wildman–Crippen LogP) is 7.83. The Bertz CT molecular complexity index is 1700. The van der Waals surface area contributed by atoms with Crippen LogP contribution in [0, 0.1) is 0 Å². The van der Waals surface area contributed by atoms with E-state index < -0.39 is 20.2 Å². The number of benzene rings is 4. The SMILES string of the molecule is CCCCCCCCc1ccccc1O.O=S(=O)(O)C=Cc1ccccc1.O=S(=O)(O)c1cc2ccccc2c2c1C2. The lowest BCUT2D eigenvalue weighted by Crippen LogP contribution is -1.97. The number of phenols is 1. The van der Waals surface area contributed by atoms with Gasteiger partial charge in [-0.1, -0.05) is 112 Å². The Morgan fingerprint density at radius 1 is 0.738 bits per heavy atom. The number of hydrogen-bond acceptors (Lipinski definition) is 5. The molecule has 0 saturated carbocycles. The van der Waals surface area contributed by atoms with E-state index in [1.54, 1.807) is 30.3 Å². The molecule has 5 rings (SSSR count). The van der Waals surface area contributed by atoms with Gasteiger partial charge in [-0.2, -0.15) is 16.8 Å². The zero-order valence-electron chi connectivity index (χ0n) is 23.7. The first-order chi connectivity index (χ1) is 20.0. The normalized spacial score (nSPS) is 12.2. The molecule has 7 nitrogen and oxygen atoms in total. The number of aryl methyl sites for hydroxylation is 1. The van der Waals surface area contributed by atoms with E-state index in [9.17, 15) is 21.9 Å². The number of para-hydroxylation sites is 1. The fraction of sp³-hybridized carbons (Fsp3) is 0.273. The van der Waals surface area contributed by atoms with Crippen LogP contribution in [0.5, 0.6) is 5.75 Å². The summed E-state index contributed by atoms with van der Waals surface area (Å²) in [5.41, 5.74) is 3.63. The van der Waals surface area contributed by atoms with Crippen LogP contribution in [0.4, 0.5) is 0 Å². The van der Waals surface area contributed by atoms with E-state index in [0.717, 1.165) is 44.9 Å². The first-order valence-corrected chi connectivity index (χ1v) is 16.9. The van der Waals surface area contributed by atoms with E-state index in [2.05, 4.69) is 6.92 Å². The van der Waals surface area contributed by atoms with Gasteiger partial charge in [0.05, 0.1) is 10.3 Å². The second-order valence-electron chi connectivity index (χ2n) is 10.1. The third-order valence-electron chi connectivity index (χ3n) is 6.76. The van der Waals surface area contributed by atoms with Gasteiger partial charge in [0.15, 0.2) is 0 Å². The van der Waals surface area contributed by atoms with Crippen molar-refractivity contribution in [1.82, 2.24) is 0 Å². The minimum atomic E-state index is -4.07. The molecule has 1 aliphatic rings. The van der Waals surface area contributed by atoms with Crippen molar-refractivity contribution in [3.63, 3.8) is 0 Å². The quantitative estimate of drug-likeness (QED) is 0.109. The zero-order chi connectivity index (χ0) is 30.6. The van der Waals surface area contributed by atoms with Crippen molar-refractivity contribution in [2.75, 3.05) is 0 Å². The Morgan fingerprint density at radius 3 is 2.02 bits per heavy atom. The van der Waals surface area contributed by atoms with E-state index >= 15 is 0 Å². The van der Waals surface area contributed by atoms with Gasteiger partial charge in [-0.25, -0.2) is 0 Å². The number of phenolic OH excluding ortho intramolecular Hbond substituents is 1. The lowest BCUT2D eigenvalue weighted by molar-refractivity contribution is 0.466. The second kappa shape index (κ2) is 15.7. The first kappa shape index (κ1) is 33.0. The standard InChI is InChI=1S/C14H22O.C11H8O3S.C8H8O3S/c1-2-3-4-5-6-7-10-13-11-8-9-12-14(13)15;12-15(13,14)11-5-7-3-1-2-4-8(7)9-6-10(9)11;9-12(10,11)7-6-8-4-2-1-3-5-8/h8-9,11-12,15H,2-7,10H2,1H3;1-5H,6H2,(H,12,13,14);1-7H,(H,9,10,11). The number of aromatic hydroxyl groups is 1. The maximum atomic E-state index is 11.1. The highest BCUT2D eigenvalue weighted by atomic mass is 32.2. The van der Waals surface area contributed by atoms with E-state index in [-0.39, 0.29) is 4.90 Å². The van der Waals surface area contributed by atoms with E-state index in [4.69, 9.17) is 9.11 Å². The van der Waals surface area contributed by atoms with Crippen molar-refractivity contribution in [3.05, 3.63) is 113 Å². The molecule has 0 amide bonds. The summed E-state index contributed by atoms with van der Waals surface area (Å²) in [5, 5.41) is 12.2. The number of unbranched alkanes of at least 4 members (excludes halogenated alkanes) is 5. The highest BCUT2D eigenvalue weighted by molar-refractivity contribution is 7.88. The summed E-state index contributed by atoms with van der Waals surface area (Å²) in [5.74, 6) is 0.450. The van der Waals surface area contributed by atoms with Crippen molar-refractivity contribution < 1.29 is 31.0 Å². The van der Waals surface area contributed by atoms with Crippen LogP contribution in [0.15, 0.2) is 95.2 Å². The monoisotopic (exact) mass is 610 g/mol. The summed E-state index contributed by atoms with van der Waals surface area (Å²) < 4.78 is 60.1. The summed E-state index contributed by atoms with van der Waals surface area (Å²) in [6.07, 6.45) is 10.8. The molecule has 0 unspecified atom stereocenters. The van der Waals surface area contributed by atoms with E-state index in [1.165, 1.54) is 50.7 Å². The number of rotatable bonds is 10. The Labute approximate surface area is 249 Å². The maximum absolute atomic E-state index is 11.1. The molecule has 0 aromatic heterocycles. The minimum Gasteiger partial charge on any atom is -0.508 e. The molecule has 9 heteroatoms. The zero-order valence-corrected chi connectivity index (χ0v) is 25.3. The molecule has 1 aliphatic carbocycles. The Kier molecular flexibility index (Phi) is 12.3. The topological polar surface area (TPSA) is 129 Å². The van der Waals surface area contributed by atoms with E-state index in [1.807, 2.05) is 48.5 Å². The molecule has 0 aliphatic heterocycles. The molecule has 224 valence electrons. The van der Waals surface area contributed by atoms with Crippen LogP contribution in [0.3, 0.4) is 0 Å². The molecule has 0 fully saturated rings. The van der Waals surface area contributed by atoms with Crippen molar-refractivity contribution in [2.45, 2.75) is 63.2 Å². The van der Waals surface area contributed by atoms with Crippen LogP contribution in [0.25, 0.3) is 16.8 Å². The summed E-state index contributed by atoms with van der Waals surface area (Å²) in [6.45, 7) is 2.24. The lowest BCUT2D eigenvalue weighted by atomic mass is 10.0. The maximum Gasteiger partial charge on any atom is 0.294 e. The Morgan fingerprint density at radius 2 is 1.36 bits per heavy atom. The van der Waals surface area contributed by atoms with Crippen LogP contribution in [0.2, 0.25) is 0 Å². The molecule has 4 aromatic rings. The highest BCUT2D eigenvalue weighted by Gasteiger charge is 2.29. The summed E-state index contributed by atoms with van der Waals surface area (Å²) in [4.78, 5) is 0.0659. The molecule has 0 saturated heterocycles. The Hall–Kier alpha value is -3.50. The average Bonchev–Trinajstić information content (AvgIpc) is 3.76. The summed E-state index contributed by atoms with van der Waals surface area (Å²) >= 11 is 0. The van der Waals surface area contributed by atoms with Crippen molar-refractivity contribution >= 4 is 37.1 Å². The molecule has 0 atom stereocenters. The van der Waals surface area contributed by atoms with Crippen molar-refractivity contribution in [3.8, 4) is 5.75 Å². The van der Waals surface area contributed by atoms with Crippen LogP contribution in [-0.2, 0) is 33.1 Å². The smallest absolute Gasteiger partial charge is 0.294 e. The predicted molar refractivity (Wildman–Crippen MR) is 169 cm³/mol. The average molecular weight is 611 g/mol. The number of fused-ring (bicyclic) bond motifs is 3. The van der Waals surface area contributed by atoms with Gasteiger partial charge in [-0.3, -0.25) is 9.11 Å². The summed E-state index contributed by atoms with van der Waals surface area (Å²) in [6, 6.07) is 25.6. The third kappa shape index (κ3) is 11.1. The van der Waals surface area contributed by atoms with Gasteiger partial charge in [0.25, 0.3) is 20.2 Å². The number of hydrogen-bond donors (Lipinski definition) is 3. The third-order valence-corrected chi connectivity index (χ3v) is 8.16. The molecule has 0 spiro atoms. The molecular formula is C33H38O7S2. The van der Waals surface area contributed by atoms with Gasteiger partial charge in [0.2, 0.25) is 0 Å². The second-order valence-corrected chi connectivity index (χ2v) is 12.8. The first-order valence-electron chi connectivity index (χ1n) is 14.0.